The van der Waals surface area contributed by atoms with Crippen LogP contribution in [0, 0.1) is 17.8 Å². The summed E-state index contributed by atoms with van der Waals surface area (Å²) in [5.41, 5.74) is 1.51. The normalized spacial score (nSPS) is 24.5. The van der Waals surface area contributed by atoms with Crippen LogP contribution < -0.4 is 10.6 Å². The highest BCUT2D eigenvalue weighted by Gasteiger charge is 2.34. The van der Waals surface area contributed by atoms with Crippen LogP contribution >= 0.6 is 0 Å². The Kier molecular flexibility index (Phi) is 6.48. The molecule has 1 aromatic rings. The van der Waals surface area contributed by atoms with Gasteiger partial charge in [-0.25, -0.2) is 0 Å². The van der Waals surface area contributed by atoms with E-state index in [-0.39, 0.29) is 30.7 Å². The average Bonchev–Trinajstić information content (AvgIpc) is 2.67. The molecule has 0 heterocycles. The number of carbonyl (C=O) groups is 3. The SMILES string of the molecule is O=C(O)CNC(=O)Cc1ccc(NC(=O)C2CCC3CCCCC3C2)cc1. The minimum Gasteiger partial charge on any atom is -0.480 e. The Morgan fingerprint density at radius 2 is 1.67 bits per heavy atom. The molecular weight excluding hydrogens is 344 g/mol. The molecule has 6 heteroatoms. The lowest BCUT2D eigenvalue weighted by atomic mass is 9.67. The van der Waals surface area contributed by atoms with Crippen LogP contribution in [0.15, 0.2) is 24.3 Å². The molecule has 1 aromatic carbocycles. The van der Waals surface area contributed by atoms with Crippen molar-refractivity contribution in [2.45, 2.75) is 51.4 Å². The van der Waals surface area contributed by atoms with Gasteiger partial charge in [-0.3, -0.25) is 14.4 Å². The minimum absolute atomic E-state index is 0.103. The van der Waals surface area contributed by atoms with Crippen molar-refractivity contribution in [1.29, 1.82) is 0 Å². The zero-order valence-electron chi connectivity index (χ0n) is 15.6. The summed E-state index contributed by atoms with van der Waals surface area (Å²) in [7, 11) is 0. The van der Waals surface area contributed by atoms with Gasteiger partial charge in [0.2, 0.25) is 11.8 Å². The molecule has 2 saturated carbocycles. The first-order chi connectivity index (χ1) is 13.0. The summed E-state index contributed by atoms with van der Waals surface area (Å²) in [6.07, 6.45) is 8.54. The monoisotopic (exact) mass is 372 g/mol. The van der Waals surface area contributed by atoms with Crippen LogP contribution in [0.3, 0.4) is 0 Å². The van der Waals surface area contributed by atoms with E-state index in [0.717, 1.165) is 35.9 Å². The van der Waals surface area contributed by atoms with Gasteiger partial charge in [-0.1, -0.05) is 37.8 Å². The van der Waals surface area contributed by atoms with Crippen LogP contribution in [0.5, 0.6) is 0 Å². The number of carboxylic acids is 1. The third kappa shape index (κ3) is 5.55. The number of benzene rings is 1. The van der Waals surface area contributed by atoms with Crippen molar-refractivity contribution in [3.63, 3.8) is 0 Å². The van der Waals surface area contributed by atoms with Crippen LogP contribution in [-0.2, 0) is 20.8 Å². The summed E-state index contributed by atoms with van der Waals surface area (Å²) in [5, 5.41) is 13.9. The van der Waals surface area contributed by atoms with Crippen molar-refractivity contribution >= 4 is 23.5 Å². The lowest BCUT2D eigenvalue weighted by Crippen LogP contribution is -2.33. The summed E-state index contributed by atoms with van der Waals surface area (Å²) in [5.74, 6) is 0.350. The third-order valence-corrected chi connectivity index (χ3v) is 5.93. The first-order valence-electron chi connectivity index (χ1n) is 9.89. The third-order valence-electron chi connectivity index (χ3n) is 5.93. The van der Waals surface area contributed by atoms with Crippen molar-refractivity contribution < 1.29 is 19.5 Å². The van der Waals surface area contributed by atoms with Crippen LogP contribution in [0.2, 0.25) is 0 Å². The highest BCUT2D eigenvalue weighted by atomic mass is 16.4. The van der Waals surface area contributed by atoms with Gasteiger partial charge in [0.15, 0.2) is 0 Å². The molecule has 2 aliphatic carbocycles. The largest absolute Gasteiger partial charge is 0.480 e. The molecule has 3 atom stereocenters. The molecule has 0 aliphatic heterocycles. The Morgan fingerprint density at radius 1 is 0.963 bits per heavy atom. The molecule has 3 rings (SSSR count). The maximum atomic E-state index is 12.6. The van der Waals surface area contributed by atoms with Gasteiger partial charge >= 0.3 is 5.97 Å². The molecule has 3 unspecified atom stereocenters. The molecule has 2 amide bonds. The van der Waals surface area contributed by atoms with Gasteiger partial charge in [0, 0.05) is 11.6 Å². The molecule has 0 spiro atoms. The Morgan fingerprint density at radius 3 is 2.37 bits per heavy atom. The molecule has 2 fully saturated rings. The van der Waals surface area contributed by atoms with Crippen LogP contribution in [0.25, 0.3) is 0 Å². The maximum Gasteiger partial charge on any atom is 0.322 e. The van der Waals surface area contributed by atoms with Gasteiger partial charge in [0.05, 0.1) is 6.42 Å². The zero-order valence-corrected chi connectivity index (χ0v) is 15.6. The number of fused-ring (bicyclic) bond motifs is 1. The zero-order chi connectivity index (χ0) is 19.2. The minimum atomic E-state index is -1.07. The molecule has 27 heavy (non-hydrogen) atoms. The van der Waals surface area contributed by atoms with Gasteiger partial charge in [0.25, 0.3) is 0 Å². The highest BCUT2D eigenvalue weighted by Crippen LogP contribution is 2.42. The predicted molar refractivity (Wildman–Crippen MR) is 102 cm³/mol. The molecule has 0 bridgehead atoms. The first-order valence-corrected chi connectivity index (χ1v) is 9.89. The Hall–Kier alpha value is -2.37. The summed E-state index contributed by atoms with van der Waals surface area (Å²) in [4.78, 5) is 34.7. The first kappa shape index (κ1) is 19.4. The van der Waals surface area contributed by atoms with E-state index in [4.69, 9.17) is 5.11 Å². The number of hydrogen-bond donors (Lipinski definition) is 3. The van der Waals surface area contributed by atoms with Crippen molar-refractivity contribution in [3.05, 3.63) is 29.8 Å². The molecule has 0 saturated heterocycles. The Balaban J connectivity index is 1.48. The summed E-state index contributed by atoms with van der Waals surface area (Å²) >= 11 is 0. The number of amides is 2. The topological polar surface area (TPSA) is 95.5 Å². The number of aliphatic carboxylic acids is 1. The Bertz CT molecular complexity index is 686. The van der Waals surface area contributed by atoms with E-state index in [1.807, 2.05) is 0 Å². The van der Waals surface area contributed by atoms with Crippen LogP contribution in [0.4, 0.5) is 5.69 Å². The molecule has 146 valence electrons. The molecular formula is C21H28N2O4. The van der Waals surface area contributed by atoms with E-state index in [0.29, 0.717) is 0 Å². The van der Waals surface area contributed by atoms with Gasteiger partial charge in [-0.05, 0) is 48.8 Å². The molecule has 0 aromatic heterocycles. The van der Waals surface area contributed by atoms with Gasteiger partial charge < -0.3 is 15.7 Å². The van der Waals surface area contributed by atoms with E-state index in [1.165, 1.54) is 32.1 Å². The summed E-state index contributed by atoms with van der Waals surface area (Å²) in [6, 6.07) is 7.16. The predicted octanol–water partition coefficient (Wildman–Crippen LogP) is 2.97. The second-order valence-corrected chi connectivity index (χ2v) is 7.85. The van der Waals surface area contributed by atoms with Crippen molar-refractivity contribution in [2.24, 2.45) is 17.8 Å². The van der Waals surface area contributed by atoms with E-state index >= 15 is 0 Å². The molecule has 3 N–H and O–H groups in total. The fraction of sp³-hybridized carbons (Fsp3) is 0.571. The van der Waals surface area contributed by atoms with E-state index in [9.17, 15) is 14.4 Å². The van der Waals surface area contributed by atoms with Crippen molar-refractivity contribution in [2.75, 3.05) is 11.9 Å². The van der Waals surface area contributed by atoms with E-state index in [2.05, 4.69) is 10.6 Å². The second-order valence-electron chi connectivity index (χ2n) is 7.85. The standard InChI is InChI=1S/C21H28N2O4/c24-19(22-13-20(25)26)11-14-5-9-18(10-6-14)23-21(27)17-8-7-15-3-1-2-4-16(15)12-17/h5-6,9-10,15-17H,1-4,7-8,11-13H2,(H,22,24)(H,23,27)(H,25,26). The molecule has 2 aliphatic rings. The number of carbonyl (C=O) groups excluding carboxylic acids is 2. The summed E-state index contributed by atoms with van der Waals surface area (Å²) < 4.78 is 0. The van der Waals surface area contributed by atoms with Gasteiger partial charge in [-0.15, -0.1) is 0 Å². The number of anilines is 1. The number of rotatable bonds is 6. The van der Waals surface area contributed by atoms with Crippen molar-refractivity contribution in [1.82, 2.24) is 5.32 Å². The van der Waals surface area contributed by atoms with E-state index < -0.39 is 5.97 Å². The fourth-order valence-electron chi connectivity index (χ4n) is 4.48. The number of nitrogens with one attached hydrogen (secondary N) is 2. The van der Waals surface area contributed by atoms with Gasteiger partial charge in [-0.2, -0.15) is 0 Å². The fourth-order valence-corrected chi connectivity index (χ4v) is 4.48. The van der Waals surface area contributed by atoms with Crippen LogP contribution in [-0.4, -0.2) is 29.4 Å². The van der Waals surface area contributed by atoms with Gasteiger partial charge in [0.1, 0.15) is 6.54 Å². The lowest BCUT2D eigenvalue weighted by Gasteiger charge is -2.38. The highest BCUT2D eigenvalue weighted by molar-refractivity contribution is 5.92. The molecule has 6 nitrogen and oxygen atoms in total. The van der Waals surface area contributed by atoms with Crippen molar-refractivity contribution in [3.8, 4) is 0 Å². The Labute approximate surface area is 159 Å². The quantitative estimate of drug-likeness (QED) is 0.715. The molecule has 0 radical (unpaired) electrons. The smallest absolute Gasteiger partial charge is 0.322 e. The number of hydrogen-bond acceptors (Lipinski definition) is 3. The van der Waals surface area contributed by atoms with E-state index in [1.54, 1.807) is 24.3 Å². The average molecular weight is 372 g/mol. The number of carboxylic acid groups (broad SMARTS) is 1. The second kappa shape index (κ2) is 9.02. The maximum absolute atomic E-state index is 12.6. The summed E-state index contributed by atoms with van der Waals surface area (Å²) in [6.45, 7) is -0.379. The lowest BCUT2D eigenvalue weighted by molar-refractivity contribution is -0.137. The van der Waals surface area contributed by atoms with Crippen LogP contribution in [0.1, 0.15) is 50.5 Å².